The van der Waals surface area contributed by atoms with Gasteiger partial charge in [0.1, 0.15) is 0 Å². The smallest absolute Gasteiger partial charge is 0.0637 e. The molecule has 0 spiro atoms. The fourth-order valence-electron chi connectivity index (χ4n) is 2.35. The Kier molecular flexibility index (Phi) is 4.56. The van der Waals surface area contributed by atoms with Gasteiger partial charge in [0, 0.05) is 32.3 Å². The Morgan fingerprint density at radius 2 is 2.20 bits per heavy atom. The first-order chi connectivity index (χ1) is 6.98. The molecule has 1 aliphatic heterocycles. The van der Waals surface area contributed by atoms with Crippen LogP contribution in [0.1, 0.15) is 33.6 Å². The highest BCUT2D eigenvalue weighted by molar-refractivity contribution is 4.85. The van der Waals surface area contributed by atoms with E-state index in [1.165, 1.54) is 19.5 Å². The topological polar surface area (TPSA) is 24.5 Å². The molecular weight excluding hydrogens is 188 g/mol. The molecule has 2 atom stereocenters. The van der Waals surface area contributed by atoms with E-state index >= 15 is 0 Å². The Bertz CT molecular complexity index is 194. The standard InChI is InChI=1S/C12H26N2O/c1-10(8-12(2,3)15-5)14-7-6-11(9-14)13-4/h10-11,13H,6-9H2,1-5H3. The van der Waals surface area contributed by atoms with Crippen molar-refractivity contribution in [3.05, 3.63) is 0 Å². The normalized spacial score (nSPS) is 25.8. The Balaban J connectivity index is 2.38. The van der Waals surface area contributed by atoms with Crippen LogP contribution in [-0.4, -0.2) is 49.8 Å². The lowest BCUT2D eigenvalue weighted by Gasteiger charge is -2.32. The van der Waals surface area contributed by atoms with Gasteiger partial charge in [-0.2, -0.15) is 0 Å². The van der Waals surface area contributed by atoms with Crippen molar-refractivity contribution in [1.29, 1.82) is 0 Å². The molecular formula is C12H26N2O. The van der Waals surface area contributed by atoms with E-state index < -0.39 is 0 Å². The van der Waals surface area contributed by atoms with Gasteiger partial charge in [0.2, 0.25) is 0 Å². The van der Waals surface area contributed by atoms with Crippen molar-refractivity contribution >= 4 is 0 Å². The maximum atomic E-state index is 5.48. The molecule has 1 aliphatic rings. The van der Waals surface area contributed by atoms with Crippen LogP contribution in [0.25, 0.3) is 0 Å². The SMILES string of the molecule is CNC1CCN(C(C)CC(C)(C)OC)C1. The van der Waals surface area contributed by atoms with Gasteiger partial charge in [-0.3, -0.25) is 4.90 Å². The Morgan fingerprint density at radius 1 is 1.53 bits per heavy atom. The van der Waals surface area contributed by atoms with Gasteiger partial charge < -0.3 is 10.1 Å². The molecule has 15 heavy (non-hydrogen) atoms. The lowest BCUT2D eigenvalue weighted by Crippen LogP contribution is -2.39. The van der Waals surface area contributed by atoms with Crippen LogP contribution in [-0.2, 0) is 4.74 Å². The second-order valence-corrected chi connectivity index (χ2v) is 5.29. The number of likely N-dealkylation sites (tertiary alicyclic amines) is 1. The molecule has 1 rings (SSSR count). The third-order valence-electron chi connectivity index (χ3n) is 3.59. The summed E-state index contributed by atoms with van der Waals surface area (Å²) in [6, 6.07) is 1.29. The van der Waals surface area contributed by atoms with E-state index in [1.54, 1.807) is 7.11 Å². The molecule has 90 valence electrons. The number of nitrogens with zero attached hydrogens (tertiary/aromatic N) is 1. The highest BCUT2D eigenvalue weighted by Gasteiger charge is 2.28. The summed E-state index contributed by atoms with van der Waals surface area (Å²) in [6.07, 6.45) is 2.37. The molecule has 3 nitrogen and oxygen atoms in total. The van der Waals surface area contributed by atoms with E-state index in [-0.39, 0.29) is 5.60 Å². The van der Waals surface area contributed by atoms with E-state index in [4.69, 9.17) is 4.74 Å². The molecule has 0 bridgehead atoms. The first-order valence-electron chi connectivity index (χ1n) is 5.95. The minimum Gasteiger partial charge on any atom is -0.379 e. The summed E-state index contributed by atoms with van der Waals surface area (Å²) >= 11 is 0. The quantitative estimate of drug-likeness (QED) is 0.750. The molecule has 1 heterocycles. The van der Waals surface area contributed by atoms with E-state index in [0.717, 1.165) is 6.42 Å². The molecule has 0 aromatic carbocycles. The largest absolute Gasteiger partial charge is 0.379 e. The number of ether oxygens (including phenoxy) is 1. The molecule has 0 saturated carbocycles. The average molecular weight is 214 g/mol. The van der Waals surface area contributed by atoms with Gasteiger partial charge in [0.25, 0.3) is 0 Å². The van der Waals surface area contributed by atoms with Gasteiger partial charge in [-0.1, -0.05) is 0 Å². The number of hydrogen-bond donors (Lipinski definition) is 1. The lowest BCUT2D eigenvalue weighted by atomic mass is 9.99. The van der Waals surface area contributed by atoms with Crippen molar-refractivity contribution in [2.75, 3.05) is 27.2 Å². The van der Waals surface area contributed by atoms with Crippen LogP contribution in [0.2, 0.25) is 0 Å². The molecule has 0 aliphatic carbocycles. The summed E-state index contributed by atoms with van der Waals surface area (Å²) in [5.74, 6) is 0. The lowest BCUT2D eigenvalue weighted by molar-refractivity contribution is -0.00357. The monoisotopic (exact) mass is 214 g/mol. The third kappa shape index (κ3) is 3.74. The van der Waals surface area contributed by atoms with Gasteiger partial charge in [0.05, 0.1) is 5.60 Å². The van der Waals surface area contributed by atoms with E-state index in [0.29, 0.717) is 12.1 Å². The number of likely N-dealkylation sites (N-methyl/N-ethyl adjacent to an activating group) is 1. The number of nitrogens with one attached hydrogen (secondary N) is 1. The Morgan fingerprint density at radius 3 is 2.67 bits per heavy atom. The van der Waals surface area contributed by atoms with Crippen LogP contribution in [0, 0.1) is 0 Å². The second-order valence-electron chi connectivity index (χ2n) is 5.29. The van der Waals surface area contributed by atoms with Gasteiger partial charge in [0.15, 0.2) is 0 Å². The van der Waals surface area contributed by atoms with Crippen molar-refractivity contribution in [3.63, 3.8) is 0 Å². The molecule has 1 N–H and O–H groups in total. The summed E-state index contributed by atoms with van der Waals surface area (Å²) in [5.41, 5.74) is -0.00283. The molecule has 1 fully saturated rings. The third-order valence-corrected chi connectivity index (χ3v) is 3.59. The summed E-state index contributed by atoms with van der Waals surface area (Å²) < 4.78 is 5.48. The van der Waals surface area contributed by atoms with E-state index in [9.17, 15) is 0 Å². The van der Waals surface area contributed by atoms with Crippen molar-refractivity contribution in [2.45, 2.75) is 51.3 Å². The average Bonchev–Trinajstić information content (AvgIpc) is 2.65. The molecule has 0 aromatic heterocycles. The van der Waals surface area contributed by atoms with Gasteiger partial charge >= 0.3 is 0 Å². The van der Waals surface area contributed by atoms with Crippen molar-refractivity contribution in [1.82, 2.24) is 10.2 Å². The maximum Gasteiger partial charge on any atom is 0.0637 e. The first-order valence-corrected chi connectivity index (χ1v) is 5.95. The van der Waals surface area contributed by atoms with Crippen molar-refractivity contribution in [2.24, 2.45) is 0 Å². The molecule has 0 radical (unpaired) electrons. The summed E-state index contributed by atoms with van der Waals surface area (Å²) in [5, 5.41) is 3.35. The Hall–Kier alpha value is -0.120. The van der Waals surface area contributed by atoms with E-state index in [1.807, 2.05) is 0 Å². The molecule has 3 heteroatoms. The summed E-state index contributed by atoms with van der Waals surface area (Å²) in [7, 11) is 3.85. The van der Waals surface area contributed by atoms with Crippen LogP contribution in [0.15, 0.2) is 0 Å². The van der Waals surface area contributed by atoms with Gasteiger partial charge in [-0.05, 0) is 40.7 Å². The summed E-state index contributed by atoms with van der Waals surface area (Å²) in [6.45, 7) is 9.02. The van der Waals surface area contributed by atoms with Crippen LogP contribution in [0.4, 0.5) is 0 Å². The van der Waals surface area contributed by atoms with Crippen molar-refractivity contribution < 1.29 is 4.74 Å². The number of methoxy groups -OCH3 is 1. The predicted octanol–water partition coefficient (Wildman–Crippen LogP) is 1.48. The highest BCUT2D eigenvalue weighted by Crippen LogP contribution is 2.21. The van der Waals surface area contributed by atoms with Gasteiger partial charge in [-0.15, -0.1) is 0 Å². The zero-order chi connectivity index (χ0) is 11.5. The maximum absolute atomic E-state index is 5.48. The molecule has 0 amide bonds. The predicted molar refractivity (Wildman–Crippen MR) is 64.2 cm³/mol. The molecule has 2 unspecified atom stereocenters. The fraction of sp³-hybridized carbons (Fsp3) is 1.00. The first kappa shape index (κ1) is 12.9. The minimum absolute atomic E-state index is 0.00283. The number of rotatable bonds is 5. The molecule has 1 saturated heterocycles. The van der Waals surface area contributed by atoms with Crippen LogP contribution >= 0.6 is 0 Å². The fourth-order valence-corrected chi connectivity index (χ4v) is 2.35. The second kappa shape index (κ2) is 5.28. The van der Waals surface area contributed by atoms with Gasteiger partial charge in [-0.25, -0.2) is 0 Å². The zero-order valence-electron chi connectivity index (χ0n) is 10.8. The molecule has 0 aromatic rings. The van der Waals surface area contributed by atoms with Crippen LogP contribution in [0.5, 0.6) is 0 Å². The Labute approximate surface area is 94.2 Å². The number of hydrogen-bond acceptors (Lipinski definition) is 3. The summed E-state index contributed by atoms with van der Waals surface area (Å²) in [4.78, 5) is 2.56. The van der Waals surface area contributed by atoms with Crippen molar-refractivity contribution in [3.8, 4) is 0 Å². The van der Waals surface area contributed by atoms with Crippen LogP contribution < -0.4 is 5.32 Å². The zero-order valence-corrected chi connectivity index (χ0v) is 10.8. The van der Waals surface area contributed by atoms with E-state index in [2.05, 4.69) is 38.0 Å². The van der Waals surface area contributed by atoms with Crippen LogP contribution in [0.3, 0.4) is 0 Å². The minimum atomic E-state index is -0.00283. The highest BCUT2D eigenvalue weighted by atomic mass is 16.5.